The molecule has 0 saturated heterocycles. The van der Waals surface area contributed by atoms with Gasteiger partial charge in [0.15, 0.2) is 0 Å². The van der Waals surface area contributed by atoms with Gasteiger partial charge in [-0.25, -0.2) is 9.08 Å². The van der Waals surface area contributed by atoms with E-state index in [0.29, 0.717) is 23.7 Å². The molecule has 5 aromatic rings. The maximum atomic E-state index is 14.0. The third-order valence-electron chi connectivity index (χ3n) is 6.79. The molecule has 0 amide bonds. The maximum Gasteiger partial charge on any atom is 0.263 e. The molecule has 0 N–H and O–H groups in total. The number of nitrogens with zero attached hydrogens (tertiary/aromatic N) is 5. The molecule has 0 bridgehead atoms. The van der Waals surface area contributed by atoms with Crippen molar-refractivity contribution in [3.05, 3.63) is 117 Å². The summed E-state index contributed by atoms with van der Waals surface area (Å²) >= 11 is 0. The molecule has 3 aromatic carbocycles. The summed E-state index contributed by atoms with van der Waals surface area (Å²) in [5.41, 5.74) is 7.09. The Kier molecular flexibility index (Phi) is 6.70. The molecule has 2 aromatic heterocycles. The summed E-state index contributed by atoms with van der Waals surface area (Å²) in [7, 11) is 0. The van der Waals surface area contributed by atoms with E-state index in [2.05, 4.69) is 49.1 Å². The minimum atomic E-state index is -0.0693. The Morgan fingerprint density at radius 1 is 0.973 bits per heavy atom. The molecule has 2 heterocycles. The van der Waals surface area contributed by atoms with Gasteiger partial charge in [-0.3, -0.25) is 4.79 Å². The van der Waals surface area contributed by atoms with E-state index in [1.807, 2.05) is 65.2 Å². The van der Waals surface area contributed by atoms with Gasteiger partial charge in [0.05, 0.1) is 23.0 Å². The Morgan fingerprint density at radius 3 is 2.38 bits per heavy atom. The highest BCUT2D eigenvalue weighted by Crippen LogP contribution is 2.25. The molecule has 0 unspecified atom stereocenters. The van der Waals surface area contributed by atoms with Gasteiger partial charge in [0.25, 0.3) is 5.56 Å². The second-order valence-electron chi connectivity index (χ2n) is 9.56. The van der Waals surface area contributed by atoms with E-state index in [1.54, 1.807) is 4.57 Å². The highest BCUT2D eigenvalue weighted by molar-refractivity contribution is 5.70. The first-order chi connectivity index (χ1) is 18.0. The van der Waals surface area contributed by atoms with Crippen molar-refractivity contribution in [2.45, 2.75) is 46.0 Å². The van der Waals surface area contributed by atoms with E-state index in [0.717, 1.165) is 46.5 Å². The molecule has 0 spiro atoms. The first kappa shape index (κ1) is 24.2. The smallest absolute Gasteiger partial charge is 0.263 e. The van der Waals surface area contributed by atoms with Gasteiger partial charge in [0.1, 0.15) is 6.33 Å². The monoisotopic (exact) mass is 487 g/mol. The third kappa shape index (κ3) is 4.56. The van der Waals surface area contributed by atoms with Gasteiger partial charge in [-0.05, 0) is 52.8 Å². The molecule has 0 aliphatic heterocycles. The minimum Gasteiger partial charge on any atom is -0.268 e. The lowest BCUT2D eigenvalue weighted by Crippen LogP contribution is -2.28. The van der Waals surface area contributed by atoms with Crippen LogP contribution < -0.4 is 5.56 Å². The number of hydrogen-bond acceptors (Lipinski definition) is 4. The van der Waals surface area contributed by atoms with Crippen molar-refractivity contribution in [1.82, 2.24) is 19.2 Å². The van der Waals surface area contributed by atoms with Crippen LogP contribution in [-0.2, 0) is 12.8 Å². The summed E-state index contributed by atoms with van der Waals surface area (Å²) in [6.07, 6.45) is 3.61. The van der Waals surface area contributed by atoms with Crippen LogP contribution in [0.3, 0.4) is 0 Å². The quantitative estimate of drug-likeness (QED) is 0.279. The first-order valence-electron chi connectivity index (χ1n) is 12.7. The topological polar surface area (TPSA) is 76.0 Å². The Balaban J connectivity index is 1.60. The number of aromatic nitrogens is 4. The normalized spacial score (nSPS) is 11.2. The van der Waals surface area contributed by atoms with Crippen LogP contribution >= 0.6 is 0 Å². The Bertz CT molecular complexity index is 1650. The number of benzene rings is 3. The number of fused-ring (bicyclic) bond motifs is 1. The van der Waals surface area contributed by atoms with Crippen LogP contribution in [0.1, 0.15) is 61.1 Å². The fourth-order valence-electron chi connectivity index (χ4n) is 4.81. The Hall–Kier alpha value is -4.50. The highest BCUT2D eigenvalue weighted by atomic mass is 16.1. The SMILES string of the molecule is CCCc1c(Cc2ccc(-c3ccccc3C#N)cc2)c(=O)n(-c2ccc(C(C)C)cc2)c2ncnn12. The standard InChI is InChI=1S/C31H29N5O/c1-4-7-29-28(18-22-10-12-24(13-11-22)27-9-6-5-8-25(27)19-32)30(37)35(31-33-20-34-36(29)31)26-16-14-23(15-17-26)21(2)3/h5-6,8-17,20-21H,4,7,18H2,1-3H3. The van der Waals surface area contributed by atoms with Crippen LogP contribution in [-0.4, -0.2) is 19.2 Å². The average Bonchev–Trinajstić information content (AvgIpc) is 3.40. The van der Waals surface area contributed by atoms with Gasteiger partial charge in [-0.15, -0.1) is 0 Å². The van der Waals surface area contributed by atoms with E-state index < -0.39 is 0 Å². The lowest BCUT2D eigenvalue weighted by molar-refractivity contribution is 0.749. The summed E-state index contributed by atoms with van der Waals surface area (Å²) in [4.78, 5) is 18.5. The molecule has 37 heavy (non-hydrogen) atoms. The van der Waals surface area contributed by atoms with E-state index >= 15 is 0 Å². The minimum absolute atomic E-state index is 0.0693. The molecule has 0 radical (unpaired) electrons. The summed E-state index contributed by atoms with van der Waals surface area (Å²) in [6.45, 7) is 6.41. The molecule has 0 atom stereocenters. The molecular weight excluding hydrogens is 458 g/mol. The van der Waals surface area contributed by atoms with Crippen molar-refractivity contribution < 1.29 is 0 Å². The zero-order chi connectivity index (χ0) is 25.9. The van der Waals surface area contributed by atoms with Gasteiger partial charge < -0.3 is 0 Å². The van der Waals surface area contributed by atoms with Crippen molar-refractivity contribution >= 4 is 5.78 Å². The molecule has 184 valence electrons. The average molecular weight is 488 g/mol. The molecule has 0 aliphatic carbocycles. The zero-order valence-electron chi connectivity index (χ0n) is 21.3. The highest BCUT2D eigenvalue weighted by Gasteiger charge is 2.20. The van der Waals surface area contributed by atoms with Crippen molar-refractivity contribution in [2.75, 3.05) is 0 Å². The van der Waals surface area contributed by atoms with Gasteiger partial charge in [-0.2, -0.15) is 15.3 Å². The predicted octanol–water partition coefficient (Wildman–Crippen LogP) is 6.09. The summed E-state index contributed by atoms with van der Waals surface area (Å²) in [5, 5.41) is 14.0. The fraction of sp³-hybridized carbons (Fsp3) is 0.226. The zero-order valence-corrected chi connectivity index (χ0v) is 21.3. The van der Waals surface area contributed by atoms with Crippen LogP contribution in [0.4, 0.5) is 0 Å². The molecule has 0 aliphatic rings. The summed E-state index contributed by atoms with van der Waals surface area (Å²) < 4.78 is 3.48. The van der Waals surface area contributed by atoms with Crippen molar-refractivity contribution in [3.63, 3.8) is 0 Å². The van der Waals surface area contributed by atoms with Gasteiger partial charge in [0, 0.05) is 12.0 Å². The van der Waals surface area contributed by atoms with Gasteiger partial charge in [-0.1, -0.05) is 81.8 Å². The van der Waals surface area contributed by atoms with Gasteiger partial charge >= 0.3 is 0 Å². The summed E-state index contributed by atoms with van der Waals surface area (Å²) in [5.74, 6) is 0.933. The van der Waals surface area contributed by atoms with Crippen molar-refractivity contribution in [2.24, 2.45) is 0 Å². The predicted molar refractivity (Wildman–Crippen MR) is 146 cm³/mol. The molecule has 5 rings (SSSR count). The number of aryl methyl sites for hydroxylation is 1. The first-order valence-corrected chi connectivity index (χ1v) is 12.7. The van der Waals surface area contributed by atoms with Crippen LogP contribution in [0, 0.1) is 11.3 Å². The lowest BCUT2D eigenvalue weighted by atomic mass is 9.97. The van der Waals surface area contributed by atoms with E-state index in [9.17, 15) is 10.1 Å². The van der Waals surface area contributed by atoms with E-state index in [4.69, 9.17) is 0 Å². The lowest BCUT2D eigenvalue weighted by Gasteiger charge is -2.16. The molecular formula is C31H29N5O. The Labute approximate surface area is 216 Å². The molecule has 0 saturated carbocycles. The second kappa shape index (κ2) is 10.2. The number of hydrogen-bond donors (Lipinski definition) is 0. The van der Waals surface area contributed by atoms with Crippen molar-refractivity contribution in [1.29, 1.82) is 5.26 Å². The molecule has 6 heteroatoms. The molecule has 6 nitrogen and oxygen atoms in total. The van der Waals surface area contributed by atoms with Crippen LogP contribution in [0.25, 0.3) is 22.6 Å². The van der Waals surface area contributed by atoms with Crippen molar-refractivity contribution in [3.8, 4) is 22.9 Å². The van der Waals surface area contributed by atoms with Crippen LogP contribution in [0.2, 0.25) is 0 Å². The van der Waals surface area contributed by atoms with Gasteiger partial charge in [0.2, 0.25) is 5.78 Å². The number of rotatable bonds is 7. The third-order valence-corrected chi connectivity index (χ3v) is 6.79. The summed E-state index contributed by atoms with van der Waals surface area (Å²) in [6, 6.07) is 26.0. The largest absolute Gasteiger partial charge is 0.268 e. The van der Waals surface area contributed by atoms with E-state index in [1.165, 1.54) is 11.9 Å². The Morgan fingerprint density at radius 2 is 1.70 bits per heavy atom. The number of nitriles is 1. The van der Waals surface area contributed by atoms with Crippen LogP contribution in [0.5, 0.6) is 0 Å². The second-order valence-corrected chi connectivity index (χ2v) is 9.56. The molecule has 0 fully saturated rings. The maximum absolute atomic E-state index is 14.0. The van der Waals surface area contributed by atoms with E-state index in [-0.39, 0.29) is 5.56 Å². The van der Waals surface area contributed by atoms with Crippen LogP contribution in [0.15, 0.2) is 83.9 Å². The fourth-order valence-corrected chi connectivity index (χ4v) is 4.81.